The van der Waals surface area contributed by atoms with E-state index in [-0.39, 0.29) is 35.9 Å². The van der Waals surface area contributed by atoms with E-state index in [0.717, 1.165) is 5.56 Å². The molecule has 0 bridgehead atoms. The minimum Gasteiger partial charge on any atom is -0.496 e. The number of amides is 1. The van der Waals surface area contributed by atoms with Crippen molar-refractivity contribution in [2.45, 2.75) is 6.04 Å². The third-order valence-corrected chi connectivity index (χ3v) is 4.10. The minimum atomic E-state index is -0.549. The van der Waals surface area contributed by atoms with Crippen LogP contribution in [0, 0.1) is 10.1 Å². The minimum absolute atomic E-state index is 0. The Labute approximate surface area is 150 Å². The van der Waals surface area contributed by atoms with Gasteiger partial charge in [-0.25, -0.2) is 4.98 Å². The Morgan fingerprint density at radius 3 is 2.76 bits per heavy atom. The van der Waals surface area contributed by atoms with E-state index in [0.29, 0.717) is 25.4 Å². The van der Waals surface area contributed by atoms with E-state index in [2.05, 4.69) is 10.3 Å². The van der Waals surface area contributed by atoms with Crippen LogP contribution in [-0.4, -0.2) is 47.5 Å². The number of nitrogens with one attached hydrogen (secondary N) is 2. The van der Waals surface area contributed by atoms with Gasteiger partial charge in [-0.1, -0.05) is 18.2 Å². The van der Waals surface area contributed by atoms with E-state index in [4.69, 9.17) is 4.74 Å². The Morgan fingerprint density at radius 1 is 1.32 bits per heavy atom. The smallest absolute Gasteiger partial charge is 0.321 e. The van der Waals surface area contributed by atoms with Gasteiger partial charge in [-0.2, -0.15) is 0 Å². The average Bonchev–Trinajstić information content (AvgIpc) is 3.11. The number of carbonyl (C=O) groups excluding carboxylic acids is 1. The number of para-hydroxylation sites is 1. The predicted molar refractivity (Wildman–Crippen MR) is 94.3 cm³/mol. The number of methoxy groups -OCH3 is 1. The standard InChI is InChI=1S/C16H18N4O4.ClH/c1-24-14-5-3-2-4-11(14)13-10-17-8-9-19(13)16(21)12-6-7-15(18-12)20(22)23;/h2-7,13,17-18H,8-10H2,1H3;1H. The molecule has 1 fully saturated rings. The molecule has 25 heavy (non-hydrogen) atoms. The maximum atomic E-state index is 12.8. The van der Waals surface area contributed by atoms with Gasteiger partial charge in [0, 0.05) is 31.3 Å². The third kappa shape index (κ3) is 3.75. The van der Waals surface area contributed by atoms with Crippen molar-refractivity contribution in [3.63, 3.8) is 0 Å². The highest BCUT2D eigenvalue weighted by Gasteiger charge is 2.32. The number of rotatable bonds is 4. The summed E-state index contributed by atoms with van der Waals surface area (Å²) in [6, 6.07) is 10.1. The van der Waals surface area contributed by atoms with Crippen LogP contribution in [-0.2, 0) is 0 Å². The van der Waals surface area contributed by atoms with E-state index in [1.807, 2.05) is 24.3 Å². The van der Waals surface area contributed by atoms with Gasteiger partial charge >= 0.3 is 5.82 Å². The summed E-state index contributed by atoms with van der Waals surface area (Å²) in [5.74, 6) is 0.254. The molecule has 0 saturated carbocycles. The number of carbonyl (C=O) groups is 1. The maximum Gasteiger partial charge on any atom is 0.321 e. The fraction of sp³-hybridized carbons (Fsp3) is 0.312. The van der Waals surface area contributed by atoms with Crippen LogP contribution < -0.4 is 10.1 Å². The molecule has 134 valence electrons. The summed E-state index contributed by atoms with van der Waals surface area (Å²) in [6.07, 6.45) is 0. The number of aromatic amines is 1. The van der Waals surface area contributed by atoms with Gasteiger partial charge in [0.15, 0.2) is 5.69 Å². The summed E-state index contributed by atoms with van der Waals surface area (Å²) in [7, 11) is 1.59. The number of hydrogen-bond acceptors (Lipinski definition) is 5. The van der Waals surface area contributed by atoms with E-state index >= 15 is 0 Å². The van der Waals surface area contributed by atoms with E-state index in [1.54, 1.807) is 12.0 Å². The first kappa shape index (κ1) is 18.8. The summed E-state index contributed by atoms with van der Waals surface area (Å²) >= 11 is 0. The number of ether oxygens (including phenoxy) is 1. The second kappa shape index (κ2) is 8.00. The SMILES string of the molecule is COc1ccccc1C1CNCCN1C(=O)c1ccc([N+](=O)[O-])[nH]1.Cl. The van der Waals surface area contributed by atoms with Gasteiger partial charge in [0.1, 0.15) is 5.75 Å². The number of nitro groups is 1. The molecule has 8 nitrogen and oxygen atoms in total. The Hall–Kier alpha value is -2.58. The lowest BCUT2D eigenvalue weighted by Gasteiger charge is -2.36. The van der Waals surface area contributed by atoms with Crippen molar-refractivity contribution in [3.8, 4) is 5.75 Å². The summed E-state index contributed by atoms with van der Waals surface area (Å²) in [5, 5.41) is 14.1. The largest absolute Gasteiger partial charge is 0.496 e. The predicted octanol–water partition coefficient (Wildman–Crippen LogP) is 2.14. The first-order valence-electron chi connectivity index (χ1n) is 7.60. The highest BCUT2D eigenvalue weighted by atomic mass is 35.5. The summed E-state index contributed by atoms with van der Waals surface area (Å²) < 4.78 is 5.41. The van der Waals surface area contributed by atoms with Crippen LogP contribution in [0.1, 0.15) is 22.1 Å². The molecule has 0 spiro atoms. The fourth-order valence-electron chi connectivity index (χ4n) is 2.94. The molecule has 9 heteroatoms. The van der Waals surface area contributed by atoms with Crippen molar-refractivity contribution in [3.05, 3.63) is 57.8 Å². The number of aromatic nitrogens is 1. The molecule has 0 radical (unpaired) electrons. The van der Waals surface area contributed by atoms with Gasteiger partial charge in [0.05, 0.1) is 13.2 Å². The van der Waals surface area contributed by atoms with Gasteiger partial charge in [-0.05, 0) is 17.1 Å². The lowest BCUT2D eigenvalue weighted by atomic mass is 10.0. The van der Waals surface area contributed by atoms with Crippen LogP contribution in [0.25, 0.3) is 0 Å². The topological polar surface area (TPSA) is 100 Å². The molecule has 2 aromatic rings. The molecule has 2 N–H and O–H groups in total. The van der Waals surface area contributed by atoms with Crippen molar-refractivity contribution in [1.82, 2.24) is 15.2 Å². The van der Waals surface area contributed by atoms with E-state index in [1.165, 1.54) is 12.1 Å². The van der Waals surface area contributed by atoms with Gasteiger partial charge in [-0.3, -0.25) is 4.79 Å². The Balaban J connectivity index is 0.00000225. The fourth-order valence-corrected chi connectivity index (χ4v) is 2.94. The number of halogens is 1. The second-order valence-corrected chi connectivity index (χ2v) is 5.47. The zero-order chi connectivity index (χ0) is 17.1. The number of nitrogens with zero attached hydrogens (tertiary/aromatic N) is 2. The first-order valence-corrected chi connectivity index (χ1v) is 7.60. The quantitative estimate of drug-likeness (QED) is 0.637. The zero-order valence-corrected chi connectivity index (χ0v) is 14.4. The van der Waals surface area contributed by atoms with Gasteiger partial charge in [-0.15, -0.1) is 12.4 Å². The first-order chi connectivity index (χ1) is 11.6. The van der Waals surface area contributed by atoms with Crippen molar-refractivity contribution >= 4 is 24.1 Å². The molecule has 1 amide bonds. The summed E-state index contributed by atoms with van der Waals surface area (Å²) in [5.41, 5.74) is 1.12. The second-order valence-electron chi connectivity index (χ2n) is 5.47. The number of piperazine rings is 1. The highest BCUT2D eigenvalue weighted by molar-refractivity contribution is 5.93. The number of H-pyrrole nitrogens is 1. The lowest BCUT2D eigenvalue weighted by Crippen LogP contribution is -2.48. The molecule has 1 saturated heterocycles. The normalized spacial score (nSPS) is 16.8. The molecule has 1 aromatic carbocycles. The molecule has 0 aliphatic carbocycles. The molecular formula is C16H19ClN4O4. The van der Waals surface area contributed by atoms with Crippen molar-refractivity contribution < 1.29 is 14.5 Å². The Kier molecular flexibility index (Phi) is 6.00. The molecule has 1 aromatic heterocycles. The Bertz CT molecular complexity index is 764. The number of benzene rings is 1. The molecule has 1 atom stereocenters. The molecule has 1 aliphatic heterocycles. The van der Waals surface area contributed by atoms with Gasteiger partial charge in [0.2, 0.25) is 0 Å². The van der Waals surface area contributed by atoms with E-state index in [9.17, 15) is 14.9 Å². The lowest BCUT2D eigenvalue weighted by molar-refractivity contribution is -0.389. The Morgan fingerprint density at radius 2 is 2.08 bits per heavy atom. The molecule has 1 aliphatic rings. The summed E-state index contributed by atoms with van der Waals surface area (Å²) in [4.78, 5) is 27.4. The molecule has 2 heterocycles. The molecule has 3 rings (SSSR count). The van der Waals surface area contributed by atoms with Crippen LogP contribution in [0.2, 0.25) is 0 Å². The highest BCUT2D eigenvalue weighted by Crippen LogP contribution is 2.31. The molecule has 1 unspecified atom stereocenters. The van der Waals surface area contributed by atoms with Crippen molar-refractivity contribution in [2.75, 3.05) is 26.7 Å². The zero-order valence-electron chi connectivity index (χ0n) is 13.6. The van der Waals surface area contributed by atoms with Crippen LogP contribution in [0.4, 0.5) is 5.82 Å². The van der Waals surface area contributed by atoms with Crippen molar-refractivity contribution in [1.29, 1.82) is 0 Å². The number of hydrogen-bond donors (Lipinski definition) is 2. The molecular weight excluding hydrogens is 348 g/mol. The maximum absolute atomic E-state index is 12.8. The summed E-state index contributed by atoms with van der Waals surface area (Å²) in [6.45, 7) is 1.77. The van der Waals surface area contributed by atoms with Crippen molar-refractivity contribution in [2.24, 2.45) is 0 Å². The van der Waals surface area contributed by atoms with Gasteiger partial charge in [0.25, 0.3) is 5.91 Å². The van der Waals surface area contributed by atoms with Crippen LogP contribution in [0.5, 0.6) is 5.75 Å². The van der Waals surface area contributed by atoms with Crippen LogP contribution in [0.3, 0.4) is 0 Å². The third-order valence-electron chi connectivity index (χ3n) is 4.10. The van der Waals surface area contributed by atoms with Crippen LogP contribution in [0.15, 0.2) is 36.4 Å². The van der Waals surface area contributed by atoms with E-state index < -0.39 is 4.92 Å². The average molecular weight is 367 g/mol. The monoisotopic (exact) mass is 366 g/mol. The van der Waals surface area contributed by atoms with Gasteiger partial charge < -0.3 is 25.1 Å². The van der Waals surface area contributed by atoms with Crippen LogP contribution >= 0.6 is 12.4 Å².